The molecule has 0 aliphatic heterocycles. The molecular weight excluding hydrogens is 412 g/mol. The summed E-state index contributed by atoms with van der Waals surface area (Å²) in [4.78, 5) is 12.5. The van der Waals surface area contributed by atoms with Gasteiger partial charge in [0, 0.05) is 18.7 Å². The molecule has 0 saturated heterocycles. The van der Waals surface area contributed by atoms with Gasteiger partial charge in [0.1, 0.15) is 11.5 Å². The van der Waals surface area contributed by atoms with Gasteiger partial charge in [-0.15, -0.1) is 0 Å². The number of anilines is 1. The zero-order valence-corrected chi connectivity index (χ0v) is 18.2. The second-order valence-electron chi connectivity index (χ2n) is 7.03. The van der Waals surface area contributed by atoms with Gasteiger partial charge in [0.2, 0.25) is 15.9 Å². The Bertz CT molecular complexity index is 1080. The summed E-state index contributed by atoms with van der Waals surface area (Å²) in [6.07, 6.45) is 1.54. The summed E-state index contributed by atoms with van der Waals surface area (Å²) in [7, 11) is -3.47. The molecule has 0 saturated carbocycles. The van der Waals surface area contributed by atoms with Gasteiger partial charge in [-0.05, 0) is 66.9 Å². The number of sulfonamides is 1. The molecule has 6 nitrogen and oxygen atoms in total. The summed E-state index contributed by atoms with van der Waals surface area (Å²) in [5.41, 5.74) is 1.59. The molecule has 0 radical (unpaired) electrons. The number of carbonyl (C=O) groups excluding carboxylic acids is 1. The van der Waals surface area contributed by atoms with Crippen LogP contribution < -0.4 is 14.8 Å². The molecule has 0 aliphatic rings. The Balaban J connectivity index is 1.48. The van der Waals surface area contributed by atoms with E-state index in [-0.39, 0.29) is 10.8 Å². The van der Waals surface area contributed by atoms with Crippen molar-refractivity contribution in [2.75, 3.05) is 11.9 Å². The Morgan fingerprint density at radius 2 is 1.52 bits per heavy atom. The first-order chi connectivity index (χ1) is 15.0. The Kier molecular flexibility index (Phi) is 7.81. The summed E-state index contributed by atoms with van der Waals surface area (Å²) < 4.78 is 32.5. The highest BCUT2D eigenvalue weighted by atomic mass is 32.2. The Morgan fingerprint density at radius 3 is 2.16 bits per heavy atom. The molecule has 3 aromatic rings. The van der Waals surface area contributed by atoms with Crippen LogP contribution in [0.2, 0.25) is 0 Å². The highest BCUT2D eigenvalue weighted by molar-refractivity contribution is 7.89. The summed E-state index contributed by atoms with van der Waals surface area (Å²) in [6.45, 7) is 2.31. The molecule has 3 aromatic carbocycles. The second-order valence-corrected chi connectivity index (χ2v) is 8.80. The average Bonchev–Trinajstić information content (AvgIpc) is 2.79. The number of rotatable bonds is 10. The molecule has 0 unspecified atom stereocenters. The highest BCUT2D eigenvalue weighted by Crippen LogP contribution is 2.22. The Hall–Kier alpha value is -3.16. The molecule has 0 bridgehead atoms. The normalized spacial score (nSPS) is 11.1. The molecule has 162 valence electrons. The number of carbonyl (C=O) groups is 1. The average molecular weight is 439 g/mol. The lowest BCUT2D eigenvalue weighted by molar-refractivity contribution is -0.116. The van der Waals surface area contributed by atoms with Gasteiger partial charge < -0.3 is 10.1 Å². The molecule has 0 atom stereocenters. The minimum absolute atomic E-state index is 0.113. The van der Waals surface area contributed by atoms with Crippen molar-refractivity contribution in [3.8, 4) is 11.5 Å². The van der Waals surface area contributed by atoms with Gasteiger partial charge in [-0.1, -0.05) is 37.3 Å². The molecule has 0 aromatic heterocycles. The van der Waals surface area contributed by atoms with E-state index in [1.54, 1.807) is 48.5 Å². The standard InChI is InChI=1S/C24H26N2O4S/c1-2-18-25-31(28,29)23-15-8-19(9-16-23)10-17-24(27)26-20-11-13-22(14-12-20)30-21-6-4-3-5-7-21/h3-9,11-16,25H,2,10,17-18H2,1H3,(H,26,27). The largest absolute Gasteiger partial charge is 0.457 e. The molecule has 0 heterocycles. The van der Waals surface area contributed by atoms with E-state index < -0.39 is 10.0 Å². The second kappa shape index (κ2) is 10.7. The summed E-state index contributed by atoms with van der Waals surface area (Å²) in [5.74, 6) is 1.32. The maximum atomic E-state index is 12.3. The predicted octanol–water partition coefficient (Wildman–Crippen LogP) is 4.74. The molecule has 0 aliphatic carbocycles. The first-order valence-electron chi connectivity index (χ1n) is 10.2. The first kappa shape index (κ1) is 22.5. The number of nitrogens with one attached hydrogen (secondary N) is 2. The fourth-order valence-corrected chi connectivity index (χ4v) is 4.00. The van der Waals surface area contributed by atoms with Gasteiger partial charge in [-0.25, -0.2) is 13.1 Å². The van der Waals surface area contributed by atoms with Crippen molar-refractivity contribution in [2.45, 2.75) is 31.1 Å². The fourth-order valence-electron chi connectivity index (χ4n) is 2.87. The number of ether oxygens (including phenoxy) is 1. The van der Waals surface area contributed by atoms with Crippen molar-refractivity contribution in [3.05, 3.63) is 84.4 Å². The monoisotopic (exact) mass is 438 g/mol. The van der Waals surface area contributed by atoms with Crippen molar-refractivity contribution in [3.63, 3.8) is 0 Å². The number of hydrogen-bond donors (Lipinski definition) is 2. The quantitative estimate of drug-likeness (QED) is 0.479. The Labute approximate surface area is 183 Å². The SMILES string of the molecule is CCCNS(=O)(=O)c1ccc(CCC(=O)Nc2ccc(Oc3ccccc3)cc2)cc1. The van der Waals surface area contributed by atoms with E-state index in [1.165, 1.54) is 0 Å². The van der Waals surface area contributed by atoms with E-state index in [1.807, 2.05) is 37.3 Å². The van der Waals surface area contributed by atoms with Crippen LogP contribution in [0.5, 0.6) is 11.5 Å². The third-order valence-corrected chi connectivity index (χ3v) is 6.01. The molecule has 0 spiro atoms. The smallest absolute Gasteiger partial charge is 0.240 e. The van der Waals surface area contributed by atoms with Gasteiger partial charge in [0.25, 0.3) is 0 Å². The van der Waals surface area contributed by atoms with Gasteiger partial charge >= 0.3 is 0 Å². The third kappa shape index (κ3) is 6.94. The summed E-state index contributed by atoms with van der Waals surface area (Å²) in [6, 6.07) is 23.3. The first-order valence-corrected chi connectivity index (χ1v) is 11.7. The van der Waals surface area contributed by atoms with Crippen LogP contribution in [-0.2, 0) is 21.2 Å². The molecule has 3 rings (SSSR count). The van der Waals surface area contributed by atoms with E-state index in [2.05, 4.69) is 10.0 Å². The van der Waals surface area contributed by atoms with Crippen molar-refractivity contribution in [1.29, 1.82) is 0 Å². The summed E-state index contributed by atoms with van der Waals surface area (Å²) >= 11 is 0. The van der Waals surface area contributed by atoms with E-state index in [4.69, 9.17) is 4.74 Å². The van der Waals surface area contributed by atoms with Crippen LogP contribution in [0.25, 0.3) is 0 Å². The predicted molar refractivity (Wildman–Crippen MR) is 122 cm³/mol. The molecule has 7 heteroatoms. The van der Waals surface area contributed by atoms with E-state index in [0.29, 0.717) is 30.8 Å². The van der Waals surface area contributed by atoms with Crippen molar-refractivity contribution < 1.29 is 17.9 Å². The third-order valence-electron chi connectivity index (χ3n) is 4.53. The lowest BCUT2D eigenvalue weighted by Gasteiger charge is -2.09. The number of para-hydroxylation sites is 1. The van der Waals surface area contributed by atoms with Crippen molar-refractivity contribution in [1.82, 2.24) is 4.72 Å². The molecule has 1 amide bonds. The number of benzene rings is 3. The van der Waals surface area contributed by atoms with E-state index in [9.17, 15) is 13.2 Å². The number of aryl methyl sites for hydroxylation is 1. The minimum atomic E-state index is -3.47. The van der Waals surface area contributed by atoms with E-state index in [0.717, 1.165) is 17.7 Å². The topological polar surface area (TPSA) is 84.5 Å². The number of hydrogen-bond acceptors (Lipinski definition) is 4. The molecule has 2 N–H and O–H groups in total. The lowest BCUT2D eigenvalue weighted by Crippen LogP contribution is -2.24. The van der Waals surface area contributed by atoms with Gasteiger partial charge in [-0.3, -0.25) is 4.79 Å². The van der Waals surface area contributed by atoms with Crippen LogP contribution >= 0.6 is 0 Å². The number of amides is 1. The van der Waals surface area contributed by atoms with Crippen LogP contribution in [0, 0.1) is 0 Å². The van der Waals surface area contributed by atoms with Crippen LogP contribution in [-0.4, -0.2) is 20.9 Å². The van der Waals surface area contributed by atoms with Crippen molar-refractivity contribution in [2.24, 2.45) is 0 Å². The zero-order valence-electron chi connectivity index (χ0n) is 17.4. The zero-order chi connectivity index (χ0) is 22.1. The highest BCUT2D eigenvalue weighted by Gasteiger charge is 2.12. The lowest BCUT2D eigenvalue weighted by atomic mass is 10.1. The van der Waals surface area contributed by atoms with Gasteiger partial charge in [0.15, 0.2) is 0 Å². The van der Waals surface area contributed by atoms with Crippen LogP contribution in [0.1, 0.15) is 25.3 Å². The molecular formula is C24H26N2O4S. The fraction of sp³-hybridized carbons (Fsp3) is 0.208. The maximum absolute atomic E-state index is 12.3. The molecule has 31 heavy (non-hydrogen) atoms. The summed E-state index contributed by atoms with van der Waals surface area (Å²) in [5, 5.41) is 2.86. The molecule has 0 fully saturated rings. The van der Waals surface area contributed by atoms with Crippen LogP contribution in [0.3, 0.4) is 0 Å². The van der Waals surface area contributed by atoms with Gasteiger partial charge in [0.05, 0.1) is 4.90 Å². The van der Waals surface area contributed by atoms with E-state index >= 15 is 0 Å². The Morgan fingerprint density at radius 1 is 0.871 bits per heavy atom. The van der Waals surface area contributed by atoms with Gasteiger partial charge in [-0.2, -0.15) is 0 Å². The minimum Gasteiger partial charge on any atom is -0.457 e. The maximum Gasteiger partial charge on any atom is 0.240 e. The van der Waals surface area contributed by atoms with Crippen LogP contribution in [0.15, 0.2) is 83.8 Å². The van der Waals surface area contributed by atoms with Crippen molar-refractivity contribution >= 4 is 21.6 Å². The van der Waals surface area contributed by atoms with Crippen LogP contribution in [0.4, 0.5) is 5.69 Å².